The molecule has 0 aliphatic carbocycles. The topological polar surface area (TPSA) is 15.3 Å². The van der Waals surface area contributed by atoms with Crippen molar-refractivity contribution in [2.24, 2.45) is 0 Å². The fourth-order valence-corrected chi connectivity index (χ4v) is 4.66. The zero-order valence-corrected chi connectivity index (χ0v) is 17.0. The highest BCUT2D eigenvalue weighted by atomic mass is 19.1. The van der Waals surface area contributed by atoms with E-state index in [0.717, 1.165) is 31.6 Å². The fraction of sp³-hybridized carbons (Fsp3) is 0.308. The van der Waals surface area contributed by atoms with E-state index in [1.807, 2.05) is 12.1 Å². The van der Waals surface area contributed by atoms with Crippen LogP contribution in [0, 0.1) is 5.82 Å². The second kappa shape index (κ2) is 9.23. The monoisotopic (exact) mass is 388 g/mol. The van der Waals surface area contributed by atoms with E-state index < -0.39 is 0 Å². The average molecular weight is 389 g/mol. The first-order valence-corrected chi connectivity index (χ1v) is 10.6. The molecule has 1 saturated heterocycles. The quantitative estimate of drug-likeness (QED) is 0.564. The Balaban J connectivity index is 1.55. The maximum absolute atomic E-state index is 13.2. The number of halogens is 1. The van der Waals surface area contributed by atoms with Crippen LogP contribution >= 0.6 is 0 Å². The van der Waals surface area contributed by atoms with Crippen molar-refractivity contribution in [2.75, 3.05) is 18.4 Å². The van der Waals surface area contributed by atoms with Crippen LogP contribution in [-0.4, -0.2) is 30.1 Å². The zero-order chi connectivity index (χ0) is 20.1. The predicted octanol–water partition coefficient (Wildman–Crippen LogP) is 5.92. The molecule has 0 amide bonds. The molecule has 2 nitrogen and oxygen atoms in total. The van der Waals surface area contributed by atoms with Crippen molar-refractivity contribution < 1.29 is 4.39 Å². The molecule has 29 heavy (non-hydrogen) atoms. The molecule has 4 rings (SSSR count). The normalized spacial score (nSPS) is 20.0. The van der Waals surface area contributed by atoms with E-state index in [0.29, 0.717) is 18.0 Å². The summed E-state index contributed by atoms with van der Waals surface area (Å²) in [6.07, 6.45) is 2.23. The van der Waals surface area contributed by atoms with Crippen molar-refractivity contribution in [3.05, 3.63) is 102 Å². The third-order valence-corrected chi connectivity index (χ3v) is 6.06. The molecule has 3 heteroatoms. The van der Waals surface area contributed by atoms with Gasteiger partial charge in [-0.05, 0) is 54.8 Å². The van der Waals surface area contributed by atoms with E-state index >= 15 is 0 Å². The number of anilines is 1. The number of likely N-dealkylation sites (N-methyl/N-ethyl adjacent to an activating group) is 1. The first kappa shape index (κ1) is 19.7. The molecule has 1 heterocycles. The summed E-state index contributed by atoms with van der Waals surface area (Å²) in [5, 5.41) is 3.60. The lowest BCUT2D eigenvalue weighted by Gasteiger charge is -2.44. The van der Waals surface area contributed by atoms with Gasteiger partial charge in [-0.15, -0.1) is 0 Å². The molecule has 1 aliphatic heterocycles. The Morgan fingerprint density at radius 3 is 2.00 bits per heavy atom. The van der Waals surface area contributed by atoms with Gasteiger partial charge in [0.25, 0.3) is 0 Å². The van der Waals surface area contributed by atoms with Crippen LogP contribution in [0.4, 0.5) is 10.1 Å². The Kier molecular flexibility index (Phi) is 6.26. The molecule has 3 aromatic carbocycles. The lowest BCUT2D eigenvalue weighted by Crippen LogP contribution is -2.50. The molecule has 0 bridgehead atoms. The standard InChI is InChI=1S/C26H29FN2/c1-2-29-19-24(28-23-15-13-22(27)14-16-23)17-18-25(29)26(20-9-5-3-6-10-20)21-11-7-4-8-12-21/h3-16,24-26,28H,2,17-19H2,1H3. The van der Waals surface area contributed by atoms with E-state index in [1.165, 1.54) is 23.3 Å². The second-order valence-electron chi connectivity index (χ2n) is 7.88. The van der Waals surface area contributed by atoms with Gasteiger partial charge in [-0.3, -0.25) is 4.90 Å². The summed E-state index contributed by atoms with van der Waals surface area (Å²) in [5.41, 5.74) is 3.76. The van der Waals surface area contributed by atoms with Gasteiger partial charge in [0, 0.05) is 30.2 Å². The minimum absolute atomic E-state index is 0.192. The number of benzene rings is 3. The summed E-state index contributed by atoms with van der Waals surface area (Å²) in [6, 6.07) is 29.3. The van der Waals surface area contributed by atoms with Crippen molar-refractivity contribution in [1.29, 1.82) is 0 Å². The van der Waals surface area contributed by atoms with Gasteiger partial charge in [-0.1, -0.05) is 67.6 Å². The highest BCUT2D eigenvalue weighted by Gasteiger charge is 2.34. The number of nitrogens with zero attached hydrogens (tertiary/aromatic N) is 1. The summed E-state index contributed by atoms with van der Waals surface area (Å²) in [5.74, 6) is 0.173. The third-order valence-electron chi connectivity index (χ3n) is 6.06. The maximum Gasteiger partial charge on any atom is 0.123 e. The van der Waals surface area contributed by atoms with Gasteiger partial charge in [-0.2, -0.15) is 0 Å². The van der Waals surface area contributed by atoms with Crippen LogP contribution in [0.3, 0.4) is 0 Å². The lowest BCUT2D eigenvalue weighted by atomic mass is 9.79. The molecule has 3 aromatic rings. The summed E-state index contributed by atoms with van der Waals surface area (Å²) < 4.78 is 13.2. The van der Waals surface area contributed by atoms with Crippen LogP contribution in [0.1, 0.15) is 36.8 Å². The van der Waals surface area contributed by atoms with E-state index in [-0.39, 0.29) is 5.82 Å². The molecule has 0 radical (unpaired) electrons. The summed E-state index contributed by atoms with van der Waals surface area (Å²) in [7, 11) is 0. The number of hydrogen-bond donors (Lipinski definition) is 1. The van der Waals surface area contributed by atoms with Crippen LogP contribution < -0.4 is 5.32 Å². The van der Waals surface area contributed by atoms with Crippen LogP contribution in [0.5, 0.6) is 0 Å². The molecule has 0 saturated carbocycles. The number of hydrogen-bond acceptors (Lipinski definition) is 2. The van der Waals surface area contributed by atoms with Gasteiger partial charge in [0.1, 0.15) is 5.82 Å². The Hall–Kier alpha value is -2.65. The Morgan fingerprint density at radius 1 is 0.862 bits per heavy atom. The molecule has 150 valence electrons. The van der Waals surface area contributed by atoms with E-state index in [2.05, 4.69) is 77.8 Å². The third kappa shape index (κ3) is 4.68. The van der Waals surface area contributed by atoms with Gasteiger partial charge in [0.15, 0.2) is 0 Å². The molecule has 1 fully saturated rings. The Bertz CT molecular complexity index is 840. The van der Waals surface area contributed by atoms with Crippen molar-refractivity contribution >= 4 is 5.69 Å². The summed E-state index contributed by atoms with van der Waals surface area (Å²) >= 11 is 0. The van der Waals surface area contributed by atoms with Crippen LogP contribution in [0.2, 0.25) is 0 Å². The van der Waals surface area contributed by atoms with E-state index in [1.54, 1.807) is 0 Å². The van der Waals surface area contributed by atoms with Gasteiger partial charge >= 0.3 is 0 Å². The van der Waals surface area contributed by atoms with E-state index in [4.69, 9.17) is 0 Å². The molecule has 1 aliphatic rings. The molecular weight excluding hydrogens is 359 g/mol. The minimum atomic E-state index is -0.192. The van der Waals surface area contributed by atoms with Gasteiger partial charge in [0.2, 0.25) is 0 Å². The number of likely N-dealkylation sites (tertiary alicyclic amines) is 1. The maximum atomic E-state index is 13.2. The SMILES string of the molecule is CCN1CC(Nc2ccc(F)cc2)CCC1C(c1ccccc1)c1ccccc1. The van der Waals surface area contributed by atoms with Crippen molar-refractivity contribution in [1.82, 2.24) is 4.90 Å². The largest absolute Gasteiger partial charge is 0.381 e. The molecule has 2 atom stereocenters. The lowest BCUT2D eigenvalue weighted by molar-refractivity contribution is 0.133. The average Bonchev–Trinajstić information content (AvgIpc) is 2.78. The number of piperidine rings is 1. The number of nitrogens with one attached hydrogen (secondary N) is 1. The molecule has 1 N–H and O–H groups in total. The summed E-state index contributed by atoms with van der Waals surface area (Å²) in [4.78, 5) is 2.61. The number of rotatable bonds is 6. The second-order valence-corrected chi connectivity index (χ2v) is 7.88. The molecule has 2 unspecified atom stereocenters. The van der Waals surface area contributed by atoms with Crippen molar-refractivity contribution in [2.45, 2.75) is 37.8 Å². The van der Waals surface area contributed by atoms with Gasteiger partial charge in [0.05, 0.1) is 0 Å². The molecule has 0 aromatic heterocycles. The smallest absolute Gasteiger partial charge is 0.123 e. The first-order valence-electron chi connectivity index (χ1n) is 10.6. The fourth-order valence-electron chi connectivity index (χ4n) is 4.66. The zero-order valence-electron chi connectivity index (χ0n) is 17.0. The summed E-state index contributed by atoms with van der Waals surface area (Å²) in [6.45, 7) is 4.26. The minimum Gasteiger partial charge on any atom is -0.381 e. The van der Waals surface area contributed by atoms with Gasteiger partial charge < -0.3 is 5.32 Å². The van der Waals surface area contributed by atoms with Crippen LogP contribution in [0.25, 0.3) is 0 Å². The Labute approximate surface area is 173 Å². The first-order chi connectivity index (χ1) is 14.2. The highest BCUT2D eigenvalue weighted by molar-refractivity contribution is 5.44. The molecule has 0 spiro atoms. The molecular formula is C26H29FN2. The van der Waals surface area contributed by atoms with Gasteiger partial charge in [-0.25, -0.2) is 4.39 Å². The van der Waals surface area contributed by atoms with Crippen molar-refractivity contribution in [3.8, 4) is 0 Å². The highest BCUT2D eigenvalue weighted by Crippen LogP contribution is 2.36. The van der Waals surface area contributed by atoms with E-state index in [9.17, 15) is 4.39 Å². The van der Waals surface area contributed by atoms with Crippen LogP contribution in [-0.2, 0) is 0 Å². The Morgan fingerprint density at radius 2 is 1.45 bits per heavy atom. The van der Waals surface area contributed by atoms with Crippen LogP contribution in [0.15, 0.2) is 84.9 Å². The van der Waals surface area contributed by atoms with Crippen molar-refractivity contribution in [3.63, 3.8) is 0 Å². The predicted molar refractivity (Wildman–Crippen MR) is 119 cm³/mol.